The lowest BCUT2D eigenvalue weighted by Crippen LogP contribution is -2.62. The topological polar surface area (TPSA) is 49.4 Å². The van der Waals surface area contributed by atoms with E-state index in [0.717, 1.165) is 12.0 Å². The zero-order valence-electron chi connectivity index (χ0n) is 12.2. The van der Waals surface area contributed by atoms with E-state index in [-0.39, 0.29) is 11.8 Å². The Morgan fingerprint density at radius 1 is 1.24 bits per heavy atom. The number of nitrogens with one attached hydrogen (secondary N) is 1. The molecule has 1 aliphatic rings. The largest absolute Gasteiger partial charge is 0.342 e. The van der Waals surface area contributed by atoms with Crippen molar-refractivity contribution in [2.24, 2.45) is 0 Å². The number of anilines is 1. The van der Waals surface area contributed by atoms with Gasteiger partial charge in [-0.1, -0.05) is 36.5 Å². The number of carbonyl (C=O) groups is 2. The minimum Gasteiger partial charge on any atom is -0.342 e. The van der Waals surface area contributed by atoms with Crippen molar-refractivity contribution in [1.29, 1.82) is 0 Å². The summed E-state index contributed by atoms with van der Waals surface area (Å²) in [5.74, 6) is -0.327. The first-order valence-electron chi connectivity index (χ1n) is 6.96. The van der Waals surface area contributed by atoms with Crippen LogP contribution < -0.4 is 10.2 Å². The standard InChI is InChI=1S/C15H18Cl2N2O2/c1-4-5-12-15(21)19(9(3)14(20)18-12)13-7-10(16)8(2)6-11(13)17/h6-7,9,12H,4-5H2,1-3H3,(H,18,20). The van der Waals surface area contributed by atoms with E-state index in [2.05, 4.69) is 5.32 Å². The number of hydrogen-bond acceptors (Lipinski definition) is 2. The van der Waals surface area contributed by atoms with Crippen LogP contribution in [0.25, 0.3) is 0 Å². The molecule has 0 spiro atoms. The maximum absolute atomic E-state index is 12.6. The number of carbonyl (C=O) groups excluding carboxylic acids is 2. The lowest BCUT2D eigenvalue weighted by atomic mass is 10.0. The number of nitrogens with zero attached hydrogens (tertiary/aromatic N) is 1. The quantitative estimate of drug-likeness (QED) is 0.925. The van der Waals surface area contributed by atoms with Crippen molar-refractivity contribution in [2.45, 2.75) is 45.7 Å². The molecule has 2 amide bonds. The SMILES string of the molecule is CCCC1NC(=O)C(C)N(c2cc(Cl)c(C)cc2Cl)C1=O. The van der Waals surface area contributed by atoms with Crippen molar-refractivity contribution in [3.63, 3.8) is 0 Å². The van der Waals surface area contributed by atoms with Gasteiger partial charge < -0.3 is 5.32 Å². The first-order valence-corrected chi connectivity index (χ1v) is 7.71. The second kappa shape index (κ2) is 6.24. The van der Waals surface area contributed by atoms with Crippen LogP contribution in [-0.4, -0.2) is 23.9 Å². The first kappa shape index (κ1) is 16.1. The molecule has 0 aliphatic carbocycles. The van der Waals surface area contributed by atoms with E-state index >= 15 is 0 Å². The van der Waals surface area contributed by atoms with Gasteiger partial charge in [0, 0.05) is 5.02 Å². The maximum atomic E-state index is 12.6. The molecular weight excluding hydrogens is 311 g/mol. The summed E-state index contributed by atoms with van der Waals surface area (Å²) in [6, 6.07) is 2.24. The first-order chi connectivity index (χ1) is 9.86. The molecule has 1 fully saturated rings. The zero-order chi connectivity index (χ0) is 15.7. The fraction of sp³-hybridized carbons (Fsp3) is 0.467. The molecule has 1 aromatic carbocycles. The van der Waals surface area contributed by atoms with Crippen molar-refractivity contribution < 1.29 is 9.59 Å². The molecule has 0 aromatic heterocycles. The van der Waals surface area contributed by atoms with Crippen molar-refractivity contribution >= 4 is 40.7 Å². The van der Waals surface area contributed by atoms with Crippen LogP contribution in [0.2, 0.25) is 10.0 Å². The third-order valence-electron chi connectivity index (χ3n) is 3.68. The molecule has 2 atom stereocenters. The van der Waals surface area contributed by atoms with Gasteiger partial charge in [0.25, 0.3) is 0 Å². The van der Waals surface area contributed by atoms with Crippen molar-refractivity contribution in [3.8, 4) is 0 Å². The summed E-state index contributed by atoms with van der Waals surface area (Å²) in [5, 5.41) is 3.70. The van der Waals surface area contributed by atoms with E-state index in [0.29, 0.717) is 22.2 Å². The fourth-order valence-corrected chi connectivity index (χ4v) is 2.93. The van der Waals surface area contributed by atoms with Gasteiger partial charge in [-0.3, -0.25) is 14.5 Å². The third-order valence-corrected chi connectivity index (χ3v) is 4.39. The summed E-state index contributed by atoms with van der Waals surface area (Å²) in [7, 11) is 0. The Morgan fingerprint density at radius 3 is 2.52 bits per heavy atom. The van der Waals surface area contributed by atoms with Gasteiger partial charge in [0.2, 0.25) is 11.8 Å². The normalized spacial score (nSPS) is 22.4. The van der Waals surface area contributed by atoms with E-state index in [1.54, 1.807) is 19.1 Å². The molecule has 1 heterocycles. The minimum absolute atomic E-state index is 0.147. The molecule has 1 N–H and O–H groups in total. The zero-order valence-corrected chi connectivity index (χ0v) is 13.8. The van der Waals surface area contributed by atoms with Gasteiger partial charge in [-0.2, -0.15) is 0 Å². The molecule has 6 heteroatoms. The molecule has 1 saturated heterocycles. The summed E-state index contributed by atoms with van der Waals surface area (Å²) in [4.78, 5) is 26.2. The summed E-state index contributed by atoms with van der Waals surface area (Å²) in [5.41, 5.74) is 1.32. The van der Waals surface area contributed by atoms with E-state index < -0.39 is 12.1 Å². The van der Waals surface area contributed by atoms with Gasteiger partial charge in [0.1, 0.15) is 12.1 Å². The van der Waals surface area contributed by atoms with E-state index in [1.165, 1.54) is 4.90 Å². The van der Waals surface area contributed by atoms with Gasteiger partial charge in [-0.25, -0.2) is 0 Å². The number of hydrogen-bond donors (Lipinski definition) is 1. The molecule has 0 saturated carbocycles. The molecule has 2 unspecified atom stereocenters. The molecule has 1 aliphatic heterocycles. The number of piperazine rings is 1. The Kier molecular flexibility index (Phi) is 4.79. The summed E-state index contributed by atoms with van der Waals surface area (Å²) in [6.07, 6.45) is 1.41. The number of benzene rings is 1. The van der Waals surface area contributed by atoms with E-state index in [9.17, 15) is 9.59 Å². The van der Waals surface area contributed by atoms with E-state index in [4.69, 9.17) is 23.2 Å². The van der Waals surface area contributed by atoms with Crippen LogP contribution in [0, 0.1) is 6.92 Å². The van der Waals surface area contributed by atoms with Crippen molar-refractivity contribution in [1.82, 2.24) is 5.32 Å². The molecular formula is C15H18Cl2N2O2. The highest BCUT2D eigenvalue weighted by molar-refractivity contribution is 6.36. The van der Waals surface area contributed by atoms with Crippen molar-refractivity contribution in [2.75, 3.05) is 4.90 Å². The van der Waals surface area contributed by atoms with Gasteiger partial charge >= 0.3 is 0 Å². The van der Waals surface area contributed by atoms with Crippen LogP contribution >= 0.6 is 23.2 Å². The number of halogens is 2. The van der Waals surface area contributed by atoms with Gasteiger partial charge in [0.15, 0.2) is 0 Å². The van der Waals surface area contributed by atoms with Crippen LogP contribution in [0.1, 0.15) is 32.3 Å². The third kappa shape index (κ3) is 3.01. The average Bonchev–Trinajstić information content (AvgIpc) is 2.42. The second-order valence-corrected chi connectivity index (χ2v) is 6.10. The Balaban J connectivity index is 2.46. The smallest absolute Gasteiger partial charge is 0.250 e. The van der Waals surface area contributed by atoms with Crippen LogP contribution in [0.15, 0.2) is 12.1 Å². The van der Waals surface area contributed by atoms with Crippen LogP contribution in [-0.2, 0) is 9.59 Å². The highest BCUT2D eigenvalue weighted by Crippen LogP contribution is 2.34. The van der Waals surface area contributed by atoms with Crippen LogP contribution in [0.5, 0.6) is 0 Å². The molecule has 21 heavy (non-hydrogen) atoms. The minimum atomic E-state index is -0.609. The Bertz CT molecular complexity index is 589. The van der Waals surface area contributed by atoms with Crippen LogP contribution in [0.4, 0.5) is 5.69 Å². The highest BCUT2D eigenvalue weighted by Gasteiger charge is 2.39. The monoisotopic (exact) mass is 328 g/mol. The molecule has 0 radical (unpaired) electrons. The number of amides is 2. The van der Waals surface area contributed by atoms with Crippen LogP contribution in [0.3, 0.4) is 0 Å². The molecule has 0 bridgehead atoms. The molecule has 4 nitrogen and oxygen atoms in total. The average molecular weight is 329 g/mol. The highest BCUT2D eigenvalue weighted by atomic mass is 35.5. The molecule has 2 rings (SSSR count). The number of rotatable bonds is 3. The lowest BCUT2D eigenvalue weighted by Gasteiger charge is -2.37. The van der Waals surface area contributed by atoms with Gasteiger partial charge in [-0.15, -0.1) is 0 Å². The predicted molar refractivity (Wildman–Crippen MR) is 85.0 cm³/mol. The predicted octanol–water partition coefficient (Wildman–Crippen LogP) is 3.32. The fourth-order valence-electron chi connectivity index (χ4n) is 2.46. The summed E-state index contributed by atoms with van der Waals surface area (Å²) in [6.45, 7) is 5.49. The summed E-state index contributed by atoms with van der Waals surface area (Å²) < 4.78 is 0. The summed E-state index contributed by atoms with van der Waals surface area (Å²) >= 11 is 12.4. The number of aryl methyl sites for hydroxylation is 1. The Labute approximate surface area is 134 Å². The second-order valence-electron chi connectivity index (χ2n) is 5.29. The molecule has 114 valence electrons. The Morgan fingerprint density at radius 2 is 1.90 bits per heavy atom. The van der Waals surface area contributed by atoms with Gasteiger partial charge in [0.05, 0.1) is 10.7 Å². The maximum Gasteiger partial charge on any atom is 0.250 e. The molecule has 1 aromatic rings. The van der Waals surface area contributed by atoms with Crippen molar-refractivity contribution in [3.05, 3.63) is 27.7 Å². The Hall–Kier alpha value is -1.26. The van der Waals surface area contributed by atoms with E-state index in [1.807, 2.05) is 13.8 Å². The van der Waals surface area contributed by atoms with Gasteiger partial charge in [-0.05, 0) is 38.0 Å². The lowest BCUT2D eigenvalue weighted by molar-refractivity contribution is -0.133.